The number of hydrogen-bond acceptors (Lipinski definition) is 7. The number of rotatable bonds is 6. The Morgan fingerprint density at radius 2 is 1.70 bits per heavy atom. The Morgan fingerprint density at radius 3 is 2.46 bits per heavy atom. The molecule has 0 atom stereocenters. The van der Waals surface area contributed by atoms with Gasteiger partial charge in [0.25, 0.3) is 11.8 Å². The number of amides is 2. The largest absolute Gasteiger partial charge is 0.496 e. The molecule has 1 aromatic heterocycles. The van der Waals surface area contributed by atoms with E-state index in [1.165, 1.54) is 13.4 Å². The van der Waals surface area contributed by atoms with Crippen molar-refractivity contribution in [2.45, 2.75) is 0 Å². The van der Waals surface area contributed by atoms with Crippen LogP contribution in [0.25, 0.3) is 22.0 Å². The number of anilines is 2. The van der Waals surface area contributed by atoms with Crippen molar-refractivity contribution in [2.24, 2.45) is 5.73 Å². The molecule has 1 aliphatic heterocycles. The van der Waals surface area contributed by atoms with Gasteiger partial charge in [0.1, 0.15) is 17.9 Å². The van der Waals surface area contributed by atoms with Gasteiger partial charge in [-0.2, -0.15) is 0 Å². The van der Waals surface area contributed by atoms with E-state index in [-0.39, 0.29) is 5.91 Å². The predicted molar refractivity (Wildman–Crippen MR) is 143 cm³/mol. The lowest BCUT2D eigenvalue weighted by atomic mass is 10.0. The van der Waals surface area contributed by atoms with Crippen LogP contribution in [0.1, 0.15) is 20.7 Å². The number of hydrogen-bond donors (Lipinski definition) is 2. The number of likely N-dealkylation sites (N-methyl/N-ethyl adjacent to an activating group) is 1. The Kier molecular flexibility index (Phi) is 6.70. The van der Waals surface area contributed by atoms with Crippen LogP contribution in [0.2, 0.25) is 0 Å². The van der Waals surface area contributed by atoms with E-state index in [2.05, 4.69) is 27.2 Å². The van der Waals surface area contributed by atoms with Gasteiger partial charge >= 0.3 is 0 Å². The van der Waals surface area contributed by atoms with E-state index in [0.29, 0.717) is 22.7 Å². The quantitative estimate of drug-likeness (QED) is 0.420. The summed E-state index contributed by atoms with van der Waals surface area (Å²) in [6, 6.07) is 18.6. The Morgan fingerprint density at radius 1 is 0.946 bits per heavy atom. The summed E-state index contributed by atoms with van der Waals surface area (Å²) in [5, 5.41) is 4.15. The number of piperazine rings is 1. The van der Waals surface area contributed by atoms with Crippen LogP contribution in [-0.4, -0.2) is 71.9 Å². The molecule has 3 aromatic carbocycles. The lowest BCUT2D eigenvalue weighted by Crippen LogP contribution is -2.47. The van der Waals surface area contributed by atoms with Crippen LogP contribution < -0.4 is 15.8 Å². The van der Waals surface area contributed by atoms with Crippen molar-refractivity contribution in [1.29, 1.82) is 0 Å². The summed E-state index contributed by atoms with van der Waals surface area (Å²) < 4.78 is 5.26. The third kappa shape index (κ3) is 5.07. The van der Waals surface area contributed by atoms with Crippen molar-refractivity contribution in [3.63, 3.8) is 0 Å². The van der Waals surface area contributed by atoms with Crippen molar-refractivity contribution in [2.75, 3.05) is 45.7 Å². The number of carbonyl (C=O) groups is 2. The summed E-state index contributed by atoms with van der Waals surface area (Å²) in [5.74, 6) is 0.501. The fourth-order valence-electron chi connectivity index (χ4n) is 4.47. The van der Waals surface area contributed by atoms with Gasteiger partial charge in [-0.15, -0.1) is 0 Å². The van der Waals surface area contributed by atoms with Gasteiger partial charge in [-0.25, -0.2) is 9.97 Å². The standard InChI is InChI=1S/C28H28N6O3/c1-33-10-12-34(13-11-33)28(36)20-4-3-5-21(14-20)32-27-22-15-18(6-8-24(22)30-17-31-27)19-7-9-25(37-2)23(16-19)26(29)35/h3-9,14-17H,10-13H2,1-2H3,(H2,29,35)(H,30,31,32). The van der Waals surface area contributed by atoms with Crippen molar-refractivity contribution in [1.82, 2.24) is 19.8 Å². The van der Waals surface area contributed by atoms with Crippen LogP contribution >= 0.6 is 0 Å². The second-order valence-electron chi connectivity index (χ2n) is 9.03. The number of fused-ring (bicyclic) bond motifs is 1. The molecule has 37 heavy (non-hydrogen) atoms. The van der Waals surface area contributed by atoms with Crippen molar-refractivity contribution in [3.8, 4) is 16.9 Å². The van der Waals surface area contributed by atoms with E-state index >= 15 is 0 Å². The molecule has 0 radical (unpaired) electrons. The molecule has 188 valence electrons. The molecule has 5 rings (SSSR count). The first-order valence-electron chi connectivity index (χ1n) is 12.0. The number of primary amides is 1. The second-order valence-corrected chi connectivity index (χ2v) is 9.03. The highest BCUT2D eigenvalue weighted by atomic mass is 16.5. The highest BCUT2D eigenvalue weighted by Gasteiger charge is 2.20. The summed E-state index contributed by atoms with van der Waals surface area (Å²) in [6.45, 7) is 3.17. The van der Waals surface area contributed by atoms with Gasteiger partial charge in [0.2, 0.25) is 0 Å². The molecule has 0 unspecified atom stereocenters. The molecule has 2 heterocycles. The number of methoxy groups -OCH3 is 1. The monoisotopic (exact) mass is 496 g/mol. The van der Waals surface area contributed by atoms with Crippen molar-refractivity contribution in [3.05, 3.63) is 78.1 Å². The number of ether oxygens (including phenoxy) is 1. The number of carbonyl (C=O) groups excluding carboxylic acids is 2. The van der Waals surface area contributed by atoms with Crippen LogP contribution in [0.5, 0.6) is 5.75 Å². The van der Waals surface area contributed by atoms with Crippen LogP contribution in [0.4, 0.5) is 11.5 Å². The Labute approximate surface area is 214 Å². The average Bonchev–Trinajstić information content (AvgIpc) is 2.93. The van der Waals surface area contributed by atoms with Crippen LogP contribution in [-0.2, 0) is 0 Å². The highest BCUT2D eigenvalue weighted by Crippen LogP contribution is 2.31. The minimum absolute atomic E-state index is 0.0244. The number of benzene rings is 3. The van der Waals surface area contributed by atoms with Gasteiger partial charge in [-0.3, -0.25) is 9.59 Å². The first-order valence-corrected chi connectivity index (χ1v) is 12.0. The summed E-state index contributed by atoms with van der Waals surface area (Å²) in [6.07, 6.45) is 1.50. The summed E-state index contributed by atoms with van der Waals surface area (Å²) in [4.78, 5) is 37.9. The molecule has 1 aliphatic rings. The van der Waals surface area contributed by atoms with E-state index in [1.54, 1.807) is 12.1 Å². The predicted octanol–water partition coefficient (Wildman–Crippen LogP) is 3.54. The Balaban J connectivity index is 1.45. The normalized spacial score (nSPS) is 13.9. The molecule has 4 aromatic rings. The molecule has 9 nitrogen and oxygen atoms in total. The number of nitrogens with two attached hydrogens (primary N) is 1. The van der Waals surface area contributed by atoms with E-state index in [4.69, 9.17) is 10.5 Å². The van der Waals surface area contributed by atoms with Gasteiger partial charge in [-0.1, -0.05) is 18.2 Å². The SMILES string of the molecule is COc1ccc(-c2ccc3ncnc(Nc4cccc(C(=O)N5CCN(C)CC5)c4)c3c2)cc1C(N)=O. The molecular weight excluding hydrogens is 468 g/mol. The summed E-state index contributed by atoms with van der Waals surface area (Å²) >= 11 is 0. The van der Waals surface area contributed by atoms with Gasteiger partial charge in [0.15, 0.2) is 0 Å². The molecule has 9 heteroatoms. The smallest absolute Gasteiger partial charge is 0.254 e. The van der Waals surface area contributed by atoms with Gasteiger partial charge in [0, 0.05) is 42.8 Å². The van der Waals surface area contributed by atoms with Gasteiger partial charge in [-0.05, 0) is 60.6 Å². The van der Waals surface area contributed by atoms with Crippen LogP contribution in [0, 0.1) is 0 Å². The second kappa shape index (κ2) is 10.2. The van der Waals surface area contributed by atoms with Crippen LogP contribution in [0.15, 0.2) is 67.0 Å². The van der Waals surface area contributed by atoms with Crippen molar-refractivity contribution < 1.29 is 14.3 Å². The zero-order chi connectivity index (χ0) is 25.9. The molecule has 0 spiro atoms. The maximum atomic E-state index is 13.1. The topological polar surface area (TPSA) is 114 Å². The maximum Gasteiger partial charge on any atom is 0.254 e. The minimum atomic E-state index is -0.559. The molecule has 1 saturated heterocycles. The minimum Gasteiger partial charge on any atom is -0.496 e. The molecule has 0 bridgehead atoms. The lowest BCUT2D eigenvalue weighted by Gasteiger charge is -2.32. The van der Waals surface area contributed by atoms with E-state index in [9.17, 15) is 9.59 Å². The molecule has 2 amide bonds. The fourth-order valence-corrected chi connectivity index (χ4v) is 4.47. The van der Waals surface area contributed by atoms with E-state index < -0.39 is 5.91 Å². The third-order valence-corrected chi connectivity index (χ3v) is 6.60. The maximum absolute atomic E-state index is 13.1. The zero-order valence-electron chi connectivity index (χ0n) is 20.8. The summed E-state index contributed by atoms with van der Waals surface area (Å²) in [5.41, 5.74) is 9.68. The van der Waals surface area contributed by atoms with Crippen molar-refractivity contribution >= 4 is 34.2 Å². The lowest BCUT2D eigenvalue weighted by molar-refractivity contribution is 0.0664. The zero-order valence-corrected chi connectivity index (χ0v) is 20.8. The third-order valence-electron chi connectivity index (χ3n) is 6.60. The van der Waals surface area contributed by atoms with Gasteiger partial charge < -0.3 is 25.6 Å². The molecule has 0 saturated carbocycles. The summed E-state index contributed by atoms with van der Waals surface area (Å²) in [7, 11) is 3.57. The molecule has 0 aliphatic carbocycles. The first-order chi connectivity index (χ1) is 17.9. The number of nitrogens with one attached hydrogen (secondary N) is 1. The molecule has 1 fully saturated rings. The first kappa shape index (κ1) is 24.2. The Bertz CT molecular complexity index is 1480. The molecule has 3 N–H and O–H groups in total. The highest BCUT2D eigenvalue weighted by molar-refractivity contribution is 5.99. The van der Waals surface area contributed by atoms with E-state index in [1.807, 2.05) is 53.4 Å². The fraction of sp³-hybridized carbons (Fsp3) is 0.214. The number of aromatic nitrogens is 2. The molecular formula is C28H28N6O3. The Hall–Kier alpha value is -4.50. The average molecular weight is 497 g/mol. The van der Waals surface area contributed by atoms with E-state index in [0.717, 1.165) is 53.9 Å². The number of nitrogens with zero attached hydrogens (tertiary/aromatic N) is 4. The van der Waals surface area contributed by atoms with Crippen LogP contribution in [0.3, 0.4) is 0 Å². The van der Waals surface area contributed by atoms with Gasteiger partial charge in [0.05, 0.1) is 18.2 Å².